The second-order valence-corrected chi connectivity index (χ2v) is 11.0. The summed E-state index contributed by atoms with van der Waals surface area (Å²) in [5, 5.41) is 15.9. The lowest BCUT2D eigenvalue weighted by Crippen LogP contribution is -2.26. The molecule has 0 saturated heterocycles. The van der Waals surface area contributed by atoms with E-state index in [1.165, 1.54) is 6.07 Å². The van der Waals surface area contributed by atoms with Gasteiger partial charge in [-0.3, -0.25) is 10.2 Å². The van der Waals surface area contributed by atoms with Gasteiger partial charge in [-0.1, -0.05) is 76.6 Å². The van der Waals surface area contributed by atoms with Crippen molar-refractivity contribution in [2.45, 2.75) is 17.9 Å². The minimum Gasteiger partial charge on any atom is -0.476 e. The van der Waals surface area contributed by atoms with Gasteiger partial charge in [0.15, 0.2) is 0 Å². The average molecular weight is 622 g/mol. The predicted octanol–water partition coefficient (Wildman–Crippen LogP) is 6.00. The molecule has 0 heterocycles. The summed E-state index contributed by atoms with van der Waals surface area (Å²) in [5.74, 6) is -0.154. The molecular weight excluding hydrogens is 592 g/mol. The van der Waals surface area contributed by atoms with Crippen molar-refractivity contribution in [2.75, 3.05) is 5.32 Å². The fraction of sp³-hybridized carbons (Fsp3) is 0.0667. The van der Waals surface area contributed by atoms with Gasteiger partial charge in [0.1, 0.15) is 11.6 Å². The first kappa shape index (κ1) is 30.3. The summed E-state index contributed by atoms with van der Waals surface area (Å²) in [6.07, 6.45) is 0.748. The molecule has 0 aliphatic rings. The van der Waals surface area contributed by atoms with Gasteiger partial charge in [-0.15, -0.1) is 6.58 Å². The van der Waals surface area contributed by atoms with E-state index in [2.05, 4.69) is 27.8 Å². The summed E-state index contributed by atoms with van der Waals surface area (Å²) in [4.78, 5) is 13.4. The molecule has 4 rings (SSSR count). The number of hydrogen-bond acceptors (Lipinski definition) is 5. The van der Waals surface area contributed by atoms with Crippen molar-refractivity contribution in [3.63, 3.8) is 0 Å². The molecule has 6 N–H and O–H groups in total. The number of primary sulfonamides is 1. The topological polar surface area (TPSA) is 148 Å². The van der Waals surface area contributed by atoms with Gasteiger partial charge in [-0.25, -0.2) is 13.6 Å². The Hall–Kier alpha value is -4.25. The molecule has 1 unspecified atom stereocenters. The number of ether oxygens (including phenoxy) is 1. The van der Waals surface area contributed by atoms with E-state index in [9.17, 15) is 13.2 Å². The first-order valence-electron chi connectivity index (χ1n) is 12.0. The van der Waals surface area contributed by atoms with Crippen LogP contribution in [0.15, 0.2) is 119 Å². The second kappa shape index (κ2) is 13.7. The monoisotopic (exact) mass is 620 g/mol. The predicted molar refractivity (Wildman–Crippen MR) is 163 cm³/mol. The lowest BCUT2D eigenvalue weighted by atomic mass is 10.0. The van der Waals surface area contributed by atoms with Gasteiger partial charge >= 0.3 is 0 Å². The smallest absolute Gasteiger partial charge is 0.270 e. The van der Waals surface area contributed by atoms with E-state index >= 15 is 0 Å². The van der Waals surface area contributed by atoms with E-state index in [0.717, 1.165) is 4.47 Å². The van der Waals surface area contributed by atoms with E-state index in [1.54, 1.807) is 84.9 Å². The Morgan fingerprint density at radius 3 is 2.23 bits per heavy atom. The molecule has 10 heteroatoms. The SMILES string of the molecule is C=CC.N=C(N)c1cccc(OC(C(=O)Nc2ccc(-c3ccccc3S(N)(=O)=O)cc2)c2ccc(Br)cc2)c1. The number of benzene rings is 4. The number of amidine groups is 1. The molecule has 1 atom stereocenters. The van der Waals surface area contributed by atoms with Crippen LogP contribution in [0.1, 0.15) is 24.2 Å². The van der Waals surface area contributed by atoms with Gasteiger partial charge in [0, 0.05) is 26.9 Å². The third-order valence-electron chi connectivity index (χ3n) is 5.47. The molecule has 40 heavy (non-hydrogen) atoms. The lowest BCUT2D eigenvalue weighted by molar-refractivity contribution is -0.123. The van der Waals surface area contributed by atoms with Gasteiger partial charge in [-0.2, -0.15) is 0 Å². The molecule has 4 aromatic rings. The fourth-order valence-corrected chi connectivity index (χ4v) is 4.70. The number of carbonyl (C=O) groups excluding carboxylic acids is 1. The molecule has 0 aliphatic heterocycles. The summed E-state index contributed by atoms with van der Waals surface area (Å²) in [6.45, 7) is 5.25. The van der Waals surface area contributed by atoms with Crippen molar-refractivity contribution in [1.82, 2.24) is 0 Å². The highest BCUT2D eigenvalue weighted by atomic mass is 79.9. The van der Waals surface area contributed by atoms with Gasteiger partial charge in [0.25, 0.3) is 5.91 Å². The Labute approximate surface area is 242 Å². The third-order valence-corrected chi connectivity index (χ3v) is 6.96. The Morgan fingerprint density at radius 1 is 1.00 bits per heavy atom. The molecule has 8 nitrogen and oxygen atoms in total. The molecule has 4 aromatic carbocycles. The maximum Gasteiger partial charge on any atom is 0.270 e. The van der Waals surface area contributed by atoms with Crippen LogP contribution in [0, 0.1) is 5.41 Å². The Bertz CT molecular complexity index is 1610. The van der Waals surface area contributed by atoms with Crippen molar-refractivity contribution in [2.24, 2.45) is 10.9 Å². The summed E-state index contributed by atoms with van der Waals surface area (Å²) < 4.78 is 30.8. The van der Waals surface area contributed by atoms with Crippen LogP contribution in [0.25, 0.3) is 11.1 Å². The van der Waals surface area contributed by atoms with Crippen LogP contribution in [0.4, 0.5) is 5.69 Å². The van der Waals surface area contributed by atoms with Crippen LogP contribution in [0.3, 0.4) is 0 Å². The first-order chi connectivity index (χ1) is 19.0. The van der Waals surface area contributed by atoms with Crippen molar-refractivity contribution in [3.05, 3.63) is 125 Å². The highest BCUT2D eigenvalue weighted by molar-refractivity contribution is 9.10. The van der Waals surface area contributed by atoms with Crippen LogP contribution in [-0.2, 0) is 14.8 Å². The largest absolute Gasteiger partial charge is 0.476 e. The van der Waals surface area contributed by atoms with Crippen molar-refractivity contribution in [1.29, 1.82) is 5.41 Å². The van der Waals surface area contributed by atoms with Gasteiger partial charge < -0.3 is 15.8 Å². The van der Waals surface area contributed by atoms with E-state index in [-0.39, 0.29) is 10.7 Å². The van der Waals surface area contributed by atoms with Crippen molar-refractivity contribution in [3.8, 4) is 16.9 Å². The zero-order valence-electron chi connectivity index (χ0n) is 21.7. The summed E-state index contributed by atoms with van der Waals surface area (Å²) in [7, 11) is -3.90. The molecule has 0 aliphatic carbocycles. The first-order valence-corrected chi connectivity index (χ1v) is 14.3. The number of allylic oxidation sites excluding steroid dienone is 1. The van der Waals surface area contributed by atoms with E-state index in [0.29, 0.717) is 33.7 Å². The Morgan fingerprint density at radius 2 is 1.62 bits per heavy atom. The van der Waals surface area contributed by atoms with Gasteiger partial charge in [0.2, 0.25) is 16.1 Å². The molecule has 1 amide bonds. The normalized spacial score (nSPS) is 11.4. The highest BCUT2D eigenvalue weighted by Crippen LogP contribution is 2.29. The standard InChI is InChI=1S/C27H23BrN4O4S.C3H6/c28-20-12-8-18(9-13-20)25(36-22-5-3-4-19(16-22)26(29)30)27(33)32-21-14-10-17(11-15-21)23-6-1-2-7-24(23)37(31,34)35;1-3-2/h1-16,25H,(H3,29,30)(H,32,33)(H2,31,34,35);3H,1H2,2H3. The molecule has 0 saturated carbocycles. The van der Waals surface area contributed by atoms with E-state index in [4.69, 9.17) is 21.0 Å². The molecular formula is C30H29BrN4O4S. The third kappa shape index (κ3) is 8.12. The number of amides is 1. The number of carbonyl (C=O) groups is 1. The average Bonchev–Trinajstić information content (AvgIpc) is 2.93. The molecule has 206 valence electrons. The molecule has 0 aromatic heterocycles. The second-order valence-electron chi connectivity index (χ2n) is 8.51. The van der Waals surface area contributed by atoms with E-state index < -0.39 is 22.0 Å². The number of nitrogen functional groups attached to an aromatic ring is 1. The maximum absolute atomic E-state index is 13.4. The van der Waals surface area contributed by atoms with Gasteiger partial charge in [0.05, 0.1) is 4.90 Å². The van der Waals surface area contributed by atoms with Crippen molar-refractivity contribution < 1.29 is 17.9 Å². The number of nitrogens with one attached hydrogen (secondary N) is 2. The lowest BCUT2D eigenvalue weighted by Gasteiger charge is -2.20. The van der Waals surface area contributed by atoms with Crippen LogP contribution in [-0.4, -0.2) is 20.2 Å². The fourth-order valence-electron chi connectivity index (χ4n) is 3.68. The quantitative estimate of drug-likeness (QED) is 0.108. The van der Waals surface area contributed by atoms with Crippen LogP contribution in [0.5, 0.6) is 5.75 Å². The van der Waals surface area contributed by atoms with E-state index in [1.807, 2.05) is 19.1 Å². The molecule has 0 spiro atoms. The molecule has 0 fully saturated rings. The number of nitrogens with two attached hydrogens (primary N) is 2. The summed E-state index contributed by atoms with van der Waals surface area (Å²) in [6, 6.07) is 27.0. The van der Waals surface area contributed by atoms with Gasteiger partial charge in [-0.05, 0) is 55.0 Å². The number of halogens is 1. The summed E-state index contributed by atoms with van der Waals surface area (Å²) >= 11 is 3.40. The van der Waals surface area contributed by atoms with Crippen LogP contribution in [0.2, 0.25) is 0 Å². The number of anilines is 1. The van der Waals surface area contributed by atoms with Crippen LogP contribution >= 0.6 is 15.9 Å². The zero-order valence-corrected chi connectivity index (χ0v) is 24.1. The zero-order chi connectivity index (χ0) is 29.3. The number of sulfonamides is 1. The molecule has 0 bridgehead atoms. The molecule has 0 radical (unpaired) electrons. The summed E-state index contributed by atoms with van der Waals surface area (Å²) in [5.41, 5.74) is 8.27. The number of hydrogen-bond donors (Lipinski definition) is 4. The Kier molecular flexibility index (Phi) is 10.4. The minimum atomic E-state index is -3.90. The maximum atomic E-state index is 13.4. The minimum absolute atomic E-state index is 0.0169. The van der Waals surface area contributed by atoms with Crippen molar-refractivity contribution >= 4 is 43.4 Å². The van der Waals surface area contributed by atoms with Crippen LogP contribution < -0.4 is 20.9 Å². The number of rotatable bonds is 8. The highest BCUT2D eigenvalue weighted by Gasteiger charge is 2.24. The Balaban J connectivity index is 0.00000141.